The molecule has 2 aromatic carbocycles. The van der Waals surface area contributed by atoms with Crippen molar-refractivity contribution in [2.75, 3.05) is 13.7 Å². The smallest absolute Gasteiger partial charge is 0.277 e. The maximum Gasteiger partial charge on any atom is 0.277 e. The van der Waals surface area contributed by atoms with Crippen molar-refractivity contribution in [2.24, 2.45) is 5.10 Å². The van der Waals surface area contributed by atoms with E-state index in [4.69, 9.17) is 9.47 Å². The van der Waals surface area contributed by atoms with Gasteiger partial charge < -0.3 is 9.47 Å². The summed E-state index contributed by atoms with van der Waals surface area (Å²) >= 11 is 0. The molecule has 0 heterocycles. The minimum atomic E-state index is -0.526. The highest BCUT2D eigenvalue weighted by Crippen LogP contribution is 2.16. The van der Waals surface area contributed by atoms with Crippen molar-refractivity contribution >= 4 is 12.1 Å². The zero-order chi connectivity index (χ0) is 16.7. The second-order valence-corrected chi connectivity index (χ2v) is 4.43. The molecule has 2 rings (SSSR count). The first-order valence-corrected chi connectivity index (χ1v) is 6.62. The van der Waals surface area contributed by atoms with Crippen molar-refractivity contribution in [2.45, 2.75) is 0 Å². The summed E-state index contributed by atoms with van der Waals surface area (Å²) in [4.78, 5) is 11.5. The molecule has 0 aromatic heterocycles. The summed E-state index contributed by atoms with van der Waals surface area (Å²) in [7, 11) is 1.37. The van der Waals surface area contributed by atoms with Crippen molar-refractivity contribution in [3.8, 4) is 11.5 Å². The molecule has 0 aliphatic rings. The summed E-state index contributed by atoms with van der Waals surface area (Å²) < 4.78 is 36.1. The summed E-state index contributed by atoms with van der Waals surface area (Å²) in [5, 5.41) is 3.69. The van der Waals surface area contributed by atoms with Gasteiger partial charge in [-0.05, 0) is 48.0 Å². The van der Waals surface area contributed by atoms with Gasteiger partial charge in [0.2, 0.25) is 0 Å². The van der Waals surface area contributed by atoms with Gasteiger partial charge in [-0.1, -0.05) is 0 Å². The first-order valence-electron chi connectivity index (χ1n) is 6.62. The molecule has 120 valence electrons. The molecule has 0 radical (unpaired) electrons. The molecule has 0 saturated carbocycles. The summed E-state index contributed by atoms with van der Waals surface area (Å²) in [6, 6.07) is 9.54. The monoisotopic (exact) mass is 320 g/mol. The Morgan fingerprint density at radius 3 is 2.61 bits per heavy atom. The molecule has 1 N–H and O–H groups in total. The van der Waals surface area contributed by atoms with E-state index in [-0.39, 0.29) is 12.4 Å². The minimum absolute atomic E-state index is 0.124. The number of nitrogens with one attached hydrogen (secondary N) is 1. The van der Waals surface area contributed by atoms with Crippen molar-refractivity contribution < 1.29 is 23.0 Å². The predicted octanol–water partition coefficient (Wildman–Crippen LogP) is 2.50. The van der Waals surface area contributed by atoms with Crippen LogP contribution in [-0.4, -0.2) is 25.8 Å². The lowest BCUT2D eigenvalue weighted by Gasteiger charge is -2.04. The first kappa shape index (κ1) is 16.4. The number of benzene rings is 2. The fourth-order valence-corrected chi connectivity index (χ4v) is 1.65. The van der Waals surface area contributed by atoms with Crippen molar-refractivity contribution in [1.82, 2.24) is 5.43 Å². The van der Waals surface area contributed by atoms with Gasteiger partial charge in [-0.2, -0.15) is 5.10 Å². The number of ether oxygens (including phenoxy) is 2. The van der Waals surface area contributed by atoms with E-state index in [0.717, 1.165) is 0 Å². The lowest BCUT2D eigenvalue weighted by molar-refractivity contribution is -0.123. The Bertz CT molecular complexity index is 703. The highest BCUT2D eigenvalue weighted by Gasteiger charge is 2.03. The van der Waals surface area contributed by atoms with Gasteiger partial charge in [-0.15, -0.1) is 0 Å². The van der Waals surface area contributed by atoms with Gasteiger partial charge in [0, 0.05) is 0 Å². The third kappa shape index (κ3) is 5.06. The molecule has 0 atom stereocenters. The largest absolute Gasteiger partial charge is 0.494 e. The van der Waals surface area contributed by atoms with Crippen molar-refractivity contribution in [1.29, 1.82) is 0 Å². The topological polar surface area (TPSA) is 59.9 Å². The molecule has 0 saturated heterocycles. The van der Waals surface area contributed by atoms with Crippen LogP contribution in [0.1, 0.15) is 5.56 Å². The van der Waals surface area contributed by atoms with Crippen molar-refractivity contribution in [3.05, 3.63) is 59.7 Å². The maximum absolute atomic E-state index is 13.5. The van der Waals surface area contributed by atoms with Gasteiger partial charge in [0.05, 0.1) is 13.3 Å². The van der Waals surface area contributed by atoms with Crippen LogP contribution in [0.25, 0.3) is 0 Å². The number of halogens is 2. The van der Waals surface area contributed by atoms with E-state index in [1.54, 1.807) is 6.07 Å². The zero-order valence-corrected chi connectivity index (χ0v) is 12.3. The second-order valence-electron chi connectivity index (χ2n) is 4.43. The molecule has 0 aliphatic heterocycles. The van der Waals surface area contributed by atoms with E-state index >= 15 is 0 Å². The number of methoxy groups -OCH3 is 1. The molecule has 0 fully saturated rings. The SMILES string of the molecule is COc1ccc(/C=N\NC(=O)COc2ccc(F)cc2)cc1F. The third-order valence-corrected chi connectivity index (χ3v) is 2.76. The average molecular weight is 320 g/mol. The van der Waals surface area contributed by atoms with E-state index in [9.17, 15) is 13.6 Å². The van der Waals surface area contributed by atoms with Crippen LogP contribution in [0.2, 0.25) is 0 Å². The van der Waals surface area contributed by atoms with Crippen molar-refractivity contribution in [3.63, 3.8) is 0 Å². The number of rotatable bonds is 6. The number of amides is 1. The number of hydrazone groups is 1. The molecular weight excluding hydrogens is 306 g/mol. The van der Waals surface area contributed by atoms with Gasteiger partial charge in [-0.25, -0.2) is 14.2 Å². The van der Waals surface area contributed by atoms with Gasteiger partial charge in [0.1, 0.15) is 11.6 Å². The number of nitrogens with zero attached hydrogens (tertiary/aromatic N) is 1. The quantitative estimate of drug-likeness (QED) is 0.657. The second kappa shape index (κ2) is 7.88. The Hall–Kier alpha value is -2.96. The summed E-state index contributed by atoms with van der Waals surface area (Å²) in [5.41, 5.74) is 2.70. The van der Waals surface area contributed by atoms with Crippen LogP contribution < -0.4 is 14.9 Å². The number of hydrogen-bond acceptors (Lipinski definition) is 4. The van der Waals surface area contributed by atoms with Crippen LogP contribution in [0.5, 0.6) is 11.5 Å². The van der Waals surface area contributed by atoms with Gasteiger partial charge in [0.15, 0.2) is 18.2 Å². The first-order chi connectivity index (χ1) is 11.1. The van der Waals surface area contributed by atoms with Gasteiger partial charge in [-0.3, -0.25) is 4.79 Å². The lowest BCUT2D eigenvalue weighted by Crippen LogP contribution is -2.24. The Morgan fingerprint density at radius 1 is 1.22 bits per heavy atom. The number of carbonyl (C=O) groups excluding carboxylic acids is 1. The zero-order valence-electron chi connectivity index (χ0n) is 12.3. The molecule has 0 bridgehead atoms. The lowest BCUT2D eigenvalue weighted by atomic mass is 10.2. The standard InChI is InChI=1S/C16H14F2N2O3/c1-22-15-7-2-11(8-14(15)18)9-19-20-16(21)10-23-13-5-3-12(17)4-6-13/h2-9H,10H2,1H3,(H,20,21)/b19-9-. The normalized spacial score (nSPS) is 10.6. The molecule has 2 aromatic rings. The highest BCUT2D eigenvalue weighted by atomic mass is 19.1. The fraction of sp³-hybridized carbons (Fsp3) is 0.125. The fourth-order valence-electron chi connectivity index (χ4n) is 1.65. The van der Waals surface area contributed by atoms with Gasteiger partial charge >= 0.3 is 0 Å². The molecule has 0 spiro atoms. The average Bonchev–Trinajstić information content (AvgIpc) is 2.54. The molecule has 0 unspecified atom stereocenters. The molecule has 23 heavy (non-hydrogen) atoms. The molecule has 1 amide bonds. The highest BCUT2D eigenvalue weighted by molar-refractivity contribution is 5.83. The minimum Gasteiger partial charge on any atom is -0.494 e. The van der Waals surface area contributed by atoms with Crippen LogP contribution in [0.4, 0.5) is 8.78 Å². The van der Waals surface area contributed by atoms with Crippen LogP contribution in [0.3, 0.4) is 0 Å². The Kier molecular flexibility index (Phi) is 5.62. The van der Waals surface area contributed by atoms with Crippen LogP contribution in [0.15, 0.2) is 47.6 Å². The van der Waals surface area contributed by atoms with E-state index in [0.29, 0.717) is 11.3 Å². The number of hydrogen-bond donors (Lipinski definition) is 1. The Labute approximate surface area is 131 Å². The predicted molar refractivity (Wildman–Crippen MR) is 80.6 cm³/mol. The van der Waals surface area contributed by atoms with E-state index in [1.807, 2.05) is 0 Å². The molecule has 0 aliphatic carbocycles. The van der Waals surface area contributed by atoms with E-state index in [2.05, 4.69) is 10.5 Å². The summed E-state index contributed by atoms with van der Waals surface area (Å²) in [6.45, 7) is -0.278. The Balaban J connectivity index is 1.81. The Morgan fingerprint density at radius 2 is 1.96 bits per heavy atom. The van der Waals surface area contributed by atoms with Crippen LogP contribution in [0, 0.1) is 11.6 Å². The molecule has 7 heteroatoms. The van der Waals surface area contributed by atoms with E-state index < -0.39 is 17.5 Å². The third-order valence-electron chi connectivity index (χ3n) is 2.76. The summed E-state index contributed by atoms with van der Waals surface area (Å²) in [6.07, 6.45) is 1.29. The molecular formula is C16H14F2N2O3. The van der Waals surface area contributed by atoms with Crippen LogP contribution >= 0.6 is 0 Å². The maximum atomic E-state index is 13.5. The number of carbonyl (C=O) groups is 1. The molecule has 5 nitrogen and oxygen atoms in total. The summed E-state index contributed by atoms with van der Waals surface area (Å²) in [5.74, 6) is -0.929. The van der Waals surface area contributed by atoms with Gasteiger partial charge in [0.25, 0.3) is 5.91 Å². The van der Waals surface area contributed by atoms with E-state index in [1.165, 1.54) is 49.7 Å². The van der Waals surface area contributed by atoms with Crippen LogP contribution in [-0.2, 0) is 4.79 Å².